The highest BCUT2D eigenvalue weighted by atomic mass is 16.1. The van der Waals surface area contributed by atoms with Gasteiger partial charge in [-0.05, 0) is 30.9 Å². The molecule has 1 amide bonds. The number of para-hydroxylation sites is 1. The second kappa shape index (κ2) is 5.27. The summed E-state index contributed by atoms with van der Waals surface area (Å²) in [6.07, 6.45) is 5.10. The molecule has 2 aromatic carbocycles. The molecule has 3 aromatic rings. The molecule has 1 heterocycles. The molecule has 116 valence electrons. The molecule has 1 aliphatic carbocycles. The van der Waals surface area contributed by atoms with E-state index in [-0.39, 0.29) is 11.4 Å². The van der Waals surface area contributed by atoms with E-state index in [9.17, 15) is 4.79 Å². The number of aromatic nitrogens is 1. The van der Waals surface area contributed by atoms with Crippen molar-refractivity contribution in [3.05, 3.63) is 71.9 Å². The van der Waals surface area contributed by atoms with Crippen molar-refractivity contribution in [3.63, 3.8) is 0 Å². The van der Waals surface area contributed by atoms with E-state index >= 15 is 0 Å². The molecule has 3 heteroatoms. The van der Waals surface area contributed by atoms with Crippen LogP contribution in [-0.4, -0.2) is 10.5 Å². The van der Waals surface area contributed by atoms with Gasteiger partial charge in [0.05, 0.1) is 11.1 Å². The monoisotopic (exact) mass is 304 g/mol. The average molecular weight is 304 g/mol. The van der Waals surface area contributed by atoms with E-state index in [1.807, 2.05) is 60.3 Å². The highest BCUT2D eigenvalue weighted by molar-refractivity contribution is 6.07. The van der Waals surface area contributed by atoms with Crippen molar-refractivity contribution in [3.8, 4) is 0 Å². The van der Waals surface area contributed by atoms with Crippen LogP contribution in [0.5, 0.6) is 0 Å². The maximum absolute atomic E-state index is 12.9. The van der Waals surface area contributed by atoms with Crippen molar-refractivity contribution in [1.29, 1.82) is 0 Å². The minimum atomic E-state index is -0.199. The molecule has 1 saturated carbocycles. The van der Waals surface area contributed by atoms with Crippen LogP contribution in [0.15, 0.2) is 60.8 Å². The summed E-state index contributed by atoms with van der Waals surface area (Å²) in [7, 11) is 1.98. The zero-order valence-corrected chi connectivity index (χ0v) is 13.3. The van der Waals surface area contributed by atoms with Crippen molar-refractivity contribution >= 4 is 16.8 Å². The Morgan fingerprint density at radius 1 is 1.04 bits per heavy atom. The lowest BCUT2D eigenvalue weighted by Crippen LogP contribution is -2.50. The number of nitrogens with one attached hydrogen (secondary N) is 1. The molecule has 4 rings (SSSR count). The maximum Gasteiger partial charge on any atom is 0.254 e. The highest BCUT2D eigenvalue weighted by Gasteiger charge is 2.40. The Bertz CT molecular complexity index is 860. The third-order valence-corrected chi connectivity index (χ3v) is 5.03. The fourth-order valence-corrected chi connectivity index (χ4v) is 3.58. The van der Waals surface area contributed by atoms with Crippen LogP contribution in [0, 0.1) is 0 Å². The first-order chi connectivity index (χ1) is 11.2. The van der Waals surface area contributed by atoms with Gasteiger partial charge in [-0.2, -0.15) is 0 Å². The molecule has 23 heavy (non-hydrogen) atoms. The molecular weight excluding hydrogens is 284 g/mol. The quantitative estimate of drug-likeness (QED) is 0.780. The highest BCUT2D eigenvalue weighted by Crippen LogP contribution is 2.41. The van der Waals surface area contributed by atoms with E-state index in [1.165, 1.54) is 5.56 Å². The Morgan fingerprint density at radius 3 is 2.43 bits per heavy atom. The minimum absolute atomic E-state index is 0.0188. The first-order valence-electron chi connectivity index (χ1n) is 8.12. The van der Waals surface area contributed by atoms with Gasteiger partial charge in [-0.15, -0.1) is 0 Å². The number of fused-ring (bicyclic) bond motifs is 1. The minimum Gasteiger partial charge on any atom is -0.350 e. The average Bonchev–Trinajstić information content (AvgIpc) is 2.89. The van der Waals surface area contributed by atoms with Gasteiger partial charge in [-0.3, -0.25) is 4.79 Å². The topological polar surface area (TPSA) is 34.0 Å². The van der Waals surface area contributed by atoms with E-state index in [2.05, 4.69) is 17.4 Å². The maximum atomic E-state index is 12.9. The molecule has 0 bridgehead atoms. The summed E-state index contributed by atoms with van der Waals surface area (Å²) in [5.74, 6) is 0.0188. The van der Waals surface area contributed by atoms with Crippen LogP contribution in [0.25, 0.3) is 10.9 Å². The van der Waals surface area contributed by atoms with Gasteiger partial charge < -0.3 is 9.88 Å². The van der Waals surface area contributed by atoms with E-state index in [4.69, 9.17) is 0 Å². The molecule has 0 atom stereocenters. The Labute approximate surface area is 135 Å². The largest absolute Gasteiger partial charge is 0.350 e. The number of carbonyl (C=O) groups excluding carboxylic acids is 1. The van der Waals surface area contributed by atoms with Gasteiger partial charge in [0, 0.05) is 24.1 Å². The van der Waals surface area contributed by atoms with Crippen LogP contribution < -0.4 is 5.32 Å². The van der Waals surface area contributed by atoms with Gasteiger partial charge in [0.15, 0.2) is 0 Å². The normalized spacial score (nSPS) is 16.0. The predicted molar refractivity (Wildman–Crippen MR) is 92.4 cm³/mol. The van der Waals surface area contributed by atoms with Gasteiger partial charge in [-0.1, -0.05) is 48.5 Å². The third-order valence-electron chi connectivity index (χ3n) is 5.03. The number of carbonyl (C=O) groups is 1. The molecule has 1 aliphatic rings. The van der Waals surface area contributed by atoms with E-state index in [0.717, 1.165) is 35.7 Å². The Hall–Kier alpha value is -2.55. The molecule has 0 saturated heterocycles. The zero-order chi connectivity index (χ0) is 15.9. The lowest BCUT2D eigenvalue weighted by Gasteiger charge is -2.43. The number of amides is 1. The summed E-state index contributed by atoms with van der Waals surface area (Å²) in [4.78, 5) is 12.9. The summed E-state index contributed by atoms with van der Waals surface area (Å²) in [6.45, 7) is 0. The van der Waals surface area contributed by atoms with Gasteiger partial charge >= 0.3 is 0 Å². The molecule has 0 radical (unpaired) electrons. The summed E-state index contributed by atoms with van der Waals surface area (Å²) < 4.78 is 2.01. The van der Waals surface area contributed by atoms with Crippen LogP contribution in [0.3, 0.4) is 0 Å². The molecule has 1 aromatic heterocycles. The SMILES string of the molecule is Cn1cc(C(=O)NC2(c3ccccc3)CCC2)c2ccccc21. The van der Waals surface area contributed by atoms with E-state index in [1.54, 1.807) is 0 Å². The summed E-state index contributed by atoms with van der Waals surface area (Å²) in [6, 6.07) is 18.4. The summed E-state index contributed by atoms with van der Waals surface area (Å²) >= 11 is 0. The van der Waals surface area contributed by atoms with Gasteiger partial charge in [0.1, 0.15) is 0 Å². The number of aryl methyl sites for hydroxylation is 1. The molecular formula is C20H20N2O. The Morgan fingerprint density at radius 2 is 1.74 bits per heavy atom. The second-order valence-electron chi connectivity index (χ2n) is 6.43. The number of hydrogen-bond acceptors (Lipinski definition) is 1. The van der Waals surface area contributed by atoms with Crippen molar-refractivity contribution in [1.82, 2.24) is 9.88 Å². The molecule has 1 fully saturated rings. The van der Waals surface area contributed by atoms with Crippen molar-refractivity contribution < 1.29 is 4.79 Å². The number of rotatable bonds is 3. The van der Waals surface area contributed by atoms with Crippen LogP contribution in [0.2, 0.25) is 0 Å². The molecule has 3 nitrogen and oxygen atoms in total. The van der Waals surface area contributed by atoms with Gasteiger partial charge in [0.25, 0.3) is 5.91 Å². The van der Waals surface area contributed by atoms with Crippen LogP contribution in [0.4, 0.5) is 0 Å². The number of nitrogens with zero attached hydrogens (tertiary/aromatic N) is 1. The van der Waals surface area contributed by atoms with Crippen LogP contribution in [-0.2, 0) is 12.6 Å². The molecule has 0 unspecified atom stereocenters. The van der Waals surface area contributed by atoms with Gasteiger partial charge in [-0.25, -0.2) is 0 Å². The van der Waals surface area contributed by atoms with Crippen molar-refractivity contribution in [2.45, 2.75) is 24.8 Å². The summed E-state index contributed by atoms with van der Waals surface area (Å²) in [5.41, 5.74) is 2.85. The van der Waals surface area contributed by atoms with Gasteiger partial charge in [0.2, 0.25) is 0 Å². The first kappa shape index (κ1) is 14.1. The Balaban J connectivity index is 1.69. The van der Waals surface area contributed by atoms with Crippen LogP contribution >= 0.6 is 0 Å². The third kappa shape index (κ3) is 2.24. The Kier molecular flexibility index (Phi) is 3.22. The molecule has 1 N–H and O–H groups in total. The van der Waals surface area contributed by atoms with Crippen molar-refractivity contribution in [2.24, 2.45) is 7.05 Å². The van der Waals surface area contributed by atoms with Crippen molar-refractivity contribution in [2.75, 3.05) is 0 Å². The second-order valence-corrected chi connectivity index (χ2v) is 6.43. The first-order valence-corrected chi connectivity index (χ1v) is 8.12. The lowest BCUT2D eigenvalue weighted by atomic mass is 9.71. The number of benzene rings is 2. The lowest BCUT2D eigenvalue weighted by molar-refractivity contribution is 0.0825. The number of hydrogen-bond donors (Lipinski definition) is 1. The van der Waals surface area contributed by atoms with E-state index in [0.29, 0.717) is 0 Å². The summed E-state index contributed by atoms with van der Waals surface area (Å²) in [5, 5.41) is 4.32. The van der Waals surface area contributed by atoms with E-state index < -0.39 is 0 Å². The zero-order valence-electron chi connectivity index (χ0n) is 13.3. The standard InChI is InChI=1S/C20H20N2O/c1-22-14-17(16-10-5-6-11-18(16)22)19(23)21-20(12-7-13-20)15-8-3-2-4-9-15/h2-6,8-11,14H,7,12-13H2,1H3,(H,21,23). The molecule has 0 spiro atoms. The van der Waals surface area contributed by atoms with Crippen LogP contribution in [0.1, 0.15) is 35.2 Å². The predicted octanol–water partition coefficient (Wildman–Crippen LogP) is 3.99. The fourth-order valence-electron chi connectivity index (χ4n) is 3.58. The smallest absolute Gasteiger partial charge is 0.254 e. The molecule has 0 aliphatic heterocycles. The fraction of sp³-hybridized carbons (Fsp3) is 0.250.